The number of nitrogens with one attached hydrogen (secondary N) is 1. The summed E-state index contributed by atoms with van der Waals surface area (Å²) < 4.78 is 11.8. The second-order valence-electron chi connectivity index (χ2n) is 13.8. The first kappa shape index (κ1) is 32.2. The number of carbonyl (C=O) groups excluding carboxylic acids is 2. The van der Waals surface area contributed by atoms with E-state index in [9.17, 15) is 9.59 Å². The molecule has 43 heavy (non-hydrogen) atoms. The Labute approximate surface area is 260 Å². The molecule has 1 aliphatic carbocycles. The van der Waals surface area contributed by atoms with Crippen molar-refractivity contribution in [3.63, 3.8) is 0 Å². The van der Waals surface area contributed by atoms with Gasteiger partial charge in [0.2, 0.25) is 0 Å². The summed E-state index contributed by atoms with van der Waals surface area (Å²) in [6.45, 7) is 15.4. The smallest absolute Gasteiger partial charge is 0.410 e. The molecular weight excluding hydrogens is 562 g/mol. The molecule has 228 valence electrons. The summed E-state index contributed by atoms with van der Waals surface area (Å²) >= 11 is 6.20. The molecule has 1 N–H and O–H groups in total. The van der Waals surface area contributed by atoms with Crippen LogP contribution in [0.15, 0.2) is 42.5 Å². The second-order valence-corrected chi connectivity index (χ2v) is 14.2. The van der Waals surface area contributed by atoms with Crippen molar-refractivity contribution in [3.8, 4) is 23.7 Å². The molecule has 1 aliphatic heterocycles. The van der Waals surface area contributed by atoms with Crippen LogP contribution in [0.2, 0.25) is 5.02 Å². The number of amides is 2. The Morgan fingerprint density at radius 1 is 1.05 bits per heavy atom. The van der Waals surface area contributed by atoms with Crippen LogP contribution >= 0.6 is 11.6 Å². The minimum absolute atomic E-state index is 0.118. The average molecular weight is 604 g/mol. The monoisotopic (exact) mass is 603 g/mol. The summed E-state index contributed by atoms with van der Waals surface area (Å²) in [6.07, 6.45) is 2.18. The fourth-order valence-electron chi connectivity index (χ4n) is 6.46. The lowest BCUT2D eigenvalue weighted by atomic mass is 9.49. The van der Waals surface area contributed by atoms with Crippen molar-refractivity contribution in [1.29, 1.82) is 5.26 Å². The highest BCUT2D eigenvalue weighted by molar-refractivity contribution is 6.31. The zero-order chi connectivity index (χ0) is 31.6. The molecule has 2 aromatic rings. The van der Waals surface area contributed by atoms with Gasteiger partial charge in [-0.25, -0.2) is 4.79 Å². The molecule has 1 saturated carbocycles. The Morgan fingerprint density at radius 3 is 2.23 bits per heavy atom. The molecular formula is C35H42ClN3O4. The average Bonchev–Trinajstić information content (AvgIpc) is 2.94. The highest BCUT2D eigenvalue weighted by Gasteiger charge is 2.64. The summed E-state index contributed by atoms with van der Waals surface area (Å²) in [5, 5.41) is 12.7. The topological polar surface area (TPSA) is 91.7 Å². The van der Waals surface area contributed by atoms with Gasteiger partial charge in [-0.05, 0) is 75.9 Å². The van der Waals surface area contributed by atoms with Crippen molar-refractivity contribution in [2.45, 2.75) is 85.5 Å². The van der Waals surface area contributed by atoms with E-state index < -0.39 is 5.60 Å². The lowest BCUT2D eigenvalue weighted by Gasteiger charge is -2.63. The molecule has 4 rings (SSSR count). The molecule has 8 heteroatoms. The first-order valence-corrected chi connectivity index (χ1v) is 15.2. The number of ether oxygens (including phenoxy) is 2. The number of nitriles is 1. The molecule has 7 nitrogen and oxygen atoms in total. The van der Waals surface area contributed by atoms with Crippen molar-refractivity contribution >= 4 is 23.6 Å². The van der Waals surface area contributed by atoms with Crippen molar-refractivity contribution in [2.24, 2.45) is 16.7 Å². The highest BCUT2D eigenvalue weighted by Crippen LogP contribution is 2.55. The summed E-state index contributed by atoms with van der Waals surface area (Å²) in [5.74, 6) is 7.42. The quantitative estimate of drug-likeness (QED) is 0.365. The lowest BCUT2D eigenvalue weighted by molar-refractivity contribution is -0.164. The molecule has 1 saturated heterocycles. The molecule has 0 radical (unpaired) electrons. The van der Waals surface area contributed by atoms with Gasteiger partial charge in [-0.2, -0.15) is 5.26 Å². The van der Waals surface area contributed by atoms with Gasteiger partial charge in [0.15, 0.2) is 0 Å². The van der Waals surface area contributed by atoms with Gasteiger partial charge < -0.3 is 19.7 Å². The van der Waals surface area contributed by atoms with Crippen molar-refractivity contribution in [1.82, 2.24) is 10.2 Å². The number of hydrogen-bond acceptors (Lipinski definition) is 5. The van der Waals surface area contributed by atoms with E-state index in [2.05, 4.69) is 50.9 Å². The minimum atomic E-state index is -0.484. The van der Waals surface area contributed by atoms with Gasteiger partial charge >= 0.3 is 6.09 Å². The largest absolute Gasteiger partial charge is 0.489 e. The van der Waals surface area contributed by atoms with Crippen LogP contribution < -0.4 is 10.1 Å². The maximum atomic E-state index is 13.2. The first-order chi connectivity index (χ1) is 20.1. The maximum Gasteiger partial charge on any atom is 0.410 e. The Hall–Kier alpha value is -3.68. The van der Waals surface area contributed by atoms with Crippen LogP contribution in [0.5, 0.6) is 5.75 Å². The third-order valence-corrected chi connectivity index (χ3v) is 8.78. The number of hydrogen-bond donors (Lipinski definition) is 1. The third-order valence-electron chi connectivity index (χ3n) is 8.47. The number of rotatable bonds is 5. The molecule has 0 unspecified atom stereocenters. The standard InChI is InChI=1S/C35H42ClN3O4/c1-33(2,3)43-32(41)39-19-17-24(18-20-39)10-8-9-23-11-13-25(14-12-23)29(40)38-30-34(4,5)31(35(30,6)7)42-27-16-15-26(22-37)28(36)21-27/h11-16,21,24,30-31H,10,17-20H2,1-7H3,(H,38,40). The lowest BCUT2D eigenvalue weighted by Crippen LogP contribution is -2.74. The number of piperidine rings is 1. The Kier molecular flexibility index (Phi) is 9.38. The molecule has 0 bridgehead atoms. The van der Waals surface area contributed by atoms with E-state index >= 15 is 0 Å². The van der Waals surface area contributed by atoms with E-state index in [4.69, 9.17) is 26.3 Å². The van der Waals surface area contributed by atoms with Crippen LogP contribution in [0.3, 0.4) is 0 Å². The zero-order valence-electron chi connectivity index (χ0n) is 26.2. The molecule has 0 spiro atoms. The van der Waals surface area contributed by atoms with Gasteiger partial charge in [0, 0.05) is 53.6 Å². The number of carbonyl (C=O) groups is 2. The van der Waals surface area contributed by atoms with E-state index in [0.29, 0.717) is 40.9 Å². The van der Waals surface area contributed by atoms with Gasteiger partial charge in [0.05, 0.1) is 10.6 Å². The number of benzene rings is 2. The van der Waals surface area contributed by atoms with Crippen LogP contribution in [-0.4, -0.2) is 47.7 Å². The van der Waals surface area contributed by atoms with Gasteiger partial charge in [0.1, 0.15) is 23.5 Å². The highest BCUT2D eigenvalue weighted by atomic mass is 35.5. The van der Waals surface area contributed by atoms with Gasteiger partial charge in [-0.3, -0.25) is 4.79 Å². The van der Waals surface area contributed by atoms with Crippen molar-refractivity contribution in [2.75, 3.05) is 13.1 Å². The van der Waals surface area contributed by atoms with Crippen LogP contribution in [0.4, 0.5) is 4.79 Å². The predicted molar refractivity (Wildman–Crippen MR) is 168 cm³/mol. The predicted octanol–water partition coefficient (Wildman–Crippen LogP) is 7.21. The van der Waals surface area contributed by atoms with E-state index in [1.54, 1.807) is 23.1 Å². The summed E-state index contributed by atoms with van der Waals surface area (Å²) in [4.78, 5) is 27.3. The van der Waals surface area contributed by atoms with E-state index in [0.717, 1.165) is 24.8 Å². The van der Waals surface area contributed by atoms with E-state index in [1.165, 1.54) is 0 Å². The van der Waals surface area contributed by atoms with Crippen LogP contribution in [-0.2, 0) is 4.74 Å². The number of halogens is 1. The van der Waals surface area contributed by atoms with E-state index in [-0.39, 0.29) is 35.0 Å². The molecule has 0 aromatic heterocycles. The van der Waals surface area contributed by atoms with Gasteiger partial charge in [-0.1, -0.05) is 51.1 Å². The number of likely N-dealkylation sites (tertiary alicyclic amines) is 1. The SMILES string of the molecule is CC(C)(C)OC(=O)N1CCC(CC#Cc2ccc(C(=O)NC3C(C)(C)C(Oc4ccc(C#N)c(Cl)c4)C3(C)C)cc2)CC1. The molecule has 0 atom stereocenters. The molecule has 2 fully saturated rings. The van der Waals surface area contributed by atoms with Crippen LogP contribution in [0.1, 0.15) is 89.2 Å². The summed E-state index contributed by atoms with van der Waals surface area (Å²) in [6, 6.07) is 14.4. The Balaban J connectivity index is 1.29. The van der Waals surface area contributed by atoms with Gasteiger partial charge in [0.25, 0.3) is 5.91 Å². The van der Waals surface area contributed by atoms with Crippen molar-refractivity contribution in [3.05, 3.63) is 64.2 Å². The van der Waals surface area contributed by atoms with Crippen LogP contribution in [0, 0.1) is 39.9 Å². The fraction of sp³-hybridized carbons (Fsp3) is 0.514. The Bertz CT molecular complexity index is 1430. The molecule has 2 aromatic carbocycles. The fourth-order valence-corrected chi connectivity index (χ4v) is 6.67. The normalized spacial score (nSPS) is 21.0. The number of nitrogens with zero attached hydrogens (tertiary/aromatic N) is 2. The zero-order valence-corrected chi connectivity index (χ0v) is 27.0. The molecule has 2 amide bonds. The molecule has 1 heterocycles. The van der Waals surface area contributed by atoms with Gasteiger partial charge in [-0.15, -0.1) is 0 Å². The first-order valence-electron chi connectivity index (χ1n) is 14.9. The minimum Gasteiger partial charge on any atom is -0.489 e. The summed E-state index contributed by atoms with van der Waals surface area (Å²) in [5.41, 5.74) is 0.682. The van der Waals surface area contributed by atoms with Crippen molar-refractivity contribution < 1.29 is 19.1 Å². The Morgan fingerprint density at radius 2 is 1.67 bits per heavy atom. The third kappa shape index (κ3) is 7.46. The summed E-state index contributed by atoms with van der Waals surface area (Å²) in [7, 11) is 0. The maximum absolute atomic E-state index is 13.2. The molecule has 2 aliphatic rings. The second kappa shape index (κ2) is 12.5. The van der Waals surface area contributed by atoms with E-state index in [1.807, 2.05) is 45.0 Å². The van der Waals surface area contributed by atoms with Crippen LogP contribution in [0.25, 0.3) is 0 Å².